The van der Waals surface area contributed by atoms with Crippen LogP contribution in [0.5, 0.6) is 0 Å². The molecule has 0 fully saturated rings. The van der Waals surface area contributed by atoms with E-state index in [9.17, 15) is 0 Å². The van der Waals surface area contributed by atoms with Crippen molar-refractivity contribution in [3.63, 3.8) is 0 Å². The van der Waals surface area contributed by atoms with Crippen molar-refractivity contribution in [1.29, 1.82) is 0 Å². The average molecular weight is 166 g/mol. The van der Waals surface area contributed by atoms with Crippen LogP contribution in [0.3, 0.4) is 0 Å². The normalized spacial score (nSPS) is 14.2. The minimum atomic E-state index is 0.768. The molecule has 0 aromatic carbocycles. The minimum absolute atomic E-state index is 0.768. The van der Waals surface area contributed by atoms with Crippen LogP contribution in [0.25, 0.3) is 0 Å². The molecule has 0 radical (unpaired) electrons. The number of hydrogen-bond donors (Lipinski definition) is 1. The maximum absolute atomic E-state index is 5.72. The van der Waals surface area contributed by atoms with Crippen LogP contribution in [-0.2, 0) is 0 Å². The van der Waals surface area contributed by atoms with Crippen molar-refractivity contribution in [2.75, 3.05) is 7.05 Å². The zero-order chi connectivity index (χ0) is 9.40. The van der Waals surface area contributed by atoms with Gasteiger partial charge in [0, 0.05) is 24.9 Å². The average Bonchev–Trinajstić information content (AvgIpc) is 2.05. The van der Waals surface area contributed by atoms with Crippen LogP contribution in [0.2, 0.25) is 0 Å². The lowest BCUT2D eigenvalue weighted by molar-refractivity contribution is 1.17. The Hall–Kier alpha value is -1.05. The molecule has 0 amide bonds. The molecule has 0 heterocycles. The lowest BCUT2D eigenvalue weighted by Gasteiger charge is -1.97. The maximum Gasteiger partial charge on any atom is 0.0276 e. The first-order valence-electron chi connectivity index (χ1n) is 4.24. The van der Waals surface area contributed by atoms with Crippen molar-refractivity contribution >= 4 is 5.71 Å². The highest BCUT2D eigenvalue weighted by atomic mass is 14.7. The molecule has 68 valence electrons. The predicted octanol–water partition coefficient (Wildman–Crippen LogP) is 2.28. The van der Waals surface area contributed by atoms with Gasteiger partial charge in [0.25, 0.3) is 0 Å². The fraction of sp³-hybridized carbons (Fsp3) is 0.500. The largest absolute Gasteiger partial charge is 0.402 e. The van der Waals surface area contributed by atoms with Crippen molar-refractivity contribution in [2.24, 2.45) is 10.7 Å². The van der Waals surface area contributed by atoms with Crippen molar-refractivity contribution in [2.45, 2.75) is 26.7 Å². The Balaban J connectivity index is 3.94. The van der Waals surface area contributed by atoms with Crippen LogP contribution >= 0.6 is 0 Å². The molecule has 0 saturated heterocycles. The van der Waals surface area contributed by atoms with Crippen LogP contribution in [0.4, 0.5) is 0 Å². The number of hydrogen-bond acceptors (Lipinski definition) is 2. The molecule has 2 heteroatoms. The topological polar surface area (TPSA) is 38.4 Å². The first kappa shape index (κ1) is 11.0. The SMILES string of the molecule is CC/C=C/C=C(/N)CC(C)=NC. The van der Waals surface area contributed by atoms with Gasteiger partial charge in [0.1, 0.15) is 0 Å². The van der Waals surface area contributed by atoms with Gasteiger partial charge in [0.2, 0.25) is 0 Å². The highest BCUT2D eigenvalue weighted by Gasteiger charge is 1.90. The van der Waals surface area contributed by atoms with E-state index in [1.54, 1.807) is 7.05 Å². The monoisotopic (exact) mass is 166 g/mol. The Kier molecular flexibility index (Phi) is 6.07. The van der Waals surface area contributed by atoms with Gasteiger partial charge >= 0.3 is 0 Å². The van der Waals surface area contributed by atoms with Crippen molar-refractivity contribution in [3.8, 4) is 0 Å². The van der Waals surface area contributed by atoms with Gasteiger partial charge < -0.3 is 5.73 Å². The predicted molar refractivity (Wildman–Crippen MR) is 55.4 cm³/mol. The van der Waals surface area contributed by atoms with Gasteiger partial charge in [0.15, 0.2) is 0 Å². The third kappa shape index (κ3) is 5.71. The molecule has 0 spiro atoms. The van der Waals surface area contributed by atoms with Crippen LogP contribution in [0.15, 0.2) is 28.9 Å². The van der Waals surface area contributed by atoms with E-state index in [1.165, 1.54) is 0 Å². The third-order valence-electron chi connectivity index (χ3n) is 1.52. The number of nitrogens with two attached hydrogens (primary N) is 1. The second-order valence-electron chi connectivity index (χ2n) is 2.71. The quantitative estimate of drug-likeness (QED) is 0.505. The van der Waals surface area contributed by atoms with E-state index in [2.05, 4.69) is 18.0 Å². The molecule has 0 aromatic heterocycles. The smallest absolute Gasteiger partial charge is 0.0276 e. The van der Waals surface area contributed by atoms with E-state index in [1.807, 2.05) is 19.1 Å². The Labute approximate surface area is 74.9 Å². The number of allylic oxidation sites excluding steroid dienone is 4. The maximum atomic E-state index is 5.72. The molecule has 12 heavy (non-hydrogen) atoms. The Morgan fingerprint density at radius 3 is 2.67 bits per heavy atom. The van der Waals surface area contributed by atoms with Gasteiger partial charge in [-0.1, -0.05) is 19.1 Å². The zero-order valence-corrected chi connectivity index (χ0v) is 8.17. The van der Waals surface area contributed by atoms with E-state index in [4.69, 9.17) is 5.73 Å². The molecule has 0 rings (SSSR count). The molecule has 0 aliphatic heterocycles. The van der Waals surface area contributed by atoms with E-state index in [0.717, 1.165) is 24.3 Å². The van der Waals surface area contributed by atoms with E-state index in [0.29, 0.717) is 0 Å². The summed E-state index contributed by atoms with van der Waals surface area (Å²) < 4.78 is 0. The summed E-state index contributed by atoms with van der Waals surface area (Å²) in [5.74, 6) is 0. The van der Waals surface area contributed by atoms with Crippen LogP contribution < -0.4 is 5.73 Å². The Morgan fingerprint density at radius 2 is 2.17 bits per heavy atom. The van der Waals surface area contributed by atoms with Gasteiger partial charge in [-0.3, -0.25) is 4.99 Å². The van der Waals surface area contributed by atoms with Crippen molar-refractivity contribution < 1.29 is 0 Å². The highest BCUT2D eigenvalue weighted by Crippen LogP contribution is 1.96. The number of aliphatic imine (C=N–C) groups is 1. The van der Waals surface area contributed by atoms with Gasteiger partial charge in [0.05, 0.1) is 0 Å². The third-order valence-corrected chi connectivity index (χ3v) is 1.52. The van der Waals surface area contributed by atoms with E-state index in [-0.39, 0.29) is 0 Å². The summed E-state index contributed by atoms with van der Waals surface area (Å²) >= 11 is 0. The molecule has 0 unspecified atom stereocenters. The van der Waals surface area contributed by atoms with Gasteiger partial charge in [-0.05, 0) is 19.4 Å². The van der Waals surface area contributed by atoms with Crippen molar-refractivity contribution in [1.82, 2.24) is 0 Å². The minimum Gasteiger partial charge on any atom is -0.402 e. The molecular formula is C10H18N2. The first-order chi connectivity index (χ1) is 5.70. The first-order valence-corrected chi connectivity index (χ1v) is 4.24. The summed E-state index contributed by atoms with van der Waals surface area (Å²) in [6.45, 7) is 4.07. The molecular weight excluding hydrogens is 148 g/mol. The molecule has 0 aliphatic carbocycles. The molecule has 0 bridgehead atoms. The highest BCUT2D eigenvalue weighted by molar-refractivity contribution is 5.83. The van der Waals surface area contributed by atoms with E-state index >= 15 is 0 Å². The fourth-order valence-electron chi connectivity index (χ4n) is 0.761. The summed E-state index contributed by atoms with van der Waals surface area (Å²) in [4.78, 5) is 4.03. The second kappa shape index (κ2) is 6.65. The molecule has 0 saturated carbocycles. The molecule has 2 nitrogen and oxygen atoms in total. The summed E-state index contributed by atoms with van der Waals surface area (Å²) in [5.41, 5.74) is 7.65. The standard InChI is InChI=1S/C10H18N2/c1-4-5-6-7-10(11)8-9(2)12-3/h5-7H,4,8,11H2,1-3H3/b6-5+,10-7+,12-9?. The van der Waals surface area contributed by atoms with Crippen LogP contribution in [0, 0.1) is 0 Å². The number of rotatable bonds is 4. The lowest BCUT2D eigenvalue weighted by atomic mass is 10.2. The summed E-state index contributed by atoms with van der Waals surface area (Å²) in [6.07, 6.45) is 7.80. The summed E-state index contributed by atoms with van der Waals surface area (Å²) in [5, 5.41) is 0. The number of nitrogens with zero attached hydrogens (tertiary/aromatic N) is 1. The second-order valence-corrected chi connectivity index (χ2v) is 2.71. The Bertz CT molecular complexity index is 200. The van der Waals surface area contributed by atoms with Crippen LogP contribution in [0.1, 0.15) is 26.7 Å². The fourth-order valence-corrected chi connectivity index (χ4v) is 0.761. The molecule has 0 aliphatic rings. The van der Waals surface area contributed by atoms with Gasteiger partial charge in [-0.15, -0.1) is 0 Å². The van der Waals surface area contributed by atoms with Crippen LogP contribution in [-0.4, -0.2) is 12.8 Å². The summed E-state index contributed by atoms with van der Waals surface area (Å²) in [6, 6.07) is 0. The van der Waals surface area contributed by atoms with E-state index < -0.39 is 0 Å². The lowest BCUT2D eigenvalue weighted by Crippen LogP contribution is -2.02. The molecule has 0 atom stereocenters. The molecule has 0 aromatic rings. The Morgan fingerprint density at radius 1 is 1.50 bits per heavy atom. The van der Waals surface area contributed by atoms with Gasteiger partial charge in [-0.2, -0.15) is 0 Å². The van der Waals surface area contributed by atoms with Gasteiger partial charge in [-0.25, -0.2) is 0 Å². The molecule has 2 N–H and O–H groups in total. The van der Waals surface area contributed by atoms with Crippen molar-refractivity contribution in [3.05, 3.63) is 23.9 Å². The summed E-state index contributed by atoms with van der Waals surface area (Å²) in [7, 11) is 1.78. The zero-order valence-electron chi connectivity index (χ0n) is 8.17.